The zero-order valence-corrected chi connectivity index (χ0v) is 6.22. The third-order valence-electron chi connectivity index (χ3n) is 0.553. The Kier molecular flexibility index (Phi) is 3.42. The molecule has 0 aliphatic carbocycles. The average molecular weight is 179 g/mol. The van der Waals surface area contributed by atoms with Gasteiger partial charge in [0.25, 0.3) is 0 Å². The monoisotopic (exact) mass is 180 g/mol. The number of carbonyl (C=O) groups is 1. The van der Waals surface area contributed by atoms with E-state index in [9.17, 15) is 8.57 Å². The van der Waals surface area contributed by atoms with Crippen molar-refractivity contribution in [2.75, 3.05) is 0 Å². The van der Waals surface area contributed by atoms with Crippen LogP contribution in [0, 0.1) is 0 Å². The quantitative estimate of drug-likeness (QED) is 0.565. The molecule has 0 radical (unpaired) electrons. The van der Waals surface area contributed by atoms with E-state index in [1.54, 1.807) is 0 Å². The van der Waals surface area contributed by atoms with Gasteiger partial charge in [-0.3, -0.25) is 0 Å². The zero-order valence-electron chi connectivity index (χ0n) is 4.13. The summed E-state index contributed by atoms with van der Waals surface area (Å²) in [5.41, 5.74) is 0. The van der Waals surface area contributed by atoms with Crippen molar-refractivity contribution in [2.24, 2.45) is 0 Å². The topological polar surface area (TPSA) is 74.6 Å². The van der Waals surface area contributed by atoms with Crippen LogP contribution in [0.25, 0.3) is 0 Å². The van der Waals surface area contributed by atoms with Gasteiger partial charge in [0.2, 0.25) is 0 Å². The Balaban J connectivity index is 3.18. The van der Waals surface area contributed by atoms with Crippen LogP contribution < -0.4 is 0 Å². The van der Waals surface area contributed by atoms with E-state index in [2.05, 4.69) is 0 Å². The molecule has 0 unspecified atom stereocenters. The van der Waals surface area contributed by atoms with E-state index in [-0.39, 0.29) is 11.7 Å². The Hall–Kier alpha value is -0.387. The number of carboxylic acids is 1. The van der Waals surface area contributed by atoms with Gasteiger partial charge in [-0.25, -0.2) is 0 Å². The van der Waals surface area contributed by atoms with E-state index in [0.29, 0.717) is 0 Å². The van der Waals surface area contributed by atoms with Gasteiger partial charge in [0.15, 0.2) is 0 Å². The minimum absolute atomic E-state index is 0.0463. The van der Waals surface area contributed by atoms with Crippen LogP contribution in [0.15, 0.2) is 0 Å². The second kappa shape index (κ2) is 3.59. The molecule has 0 spiro atoms. The first kappa shape index (κ1) is 7.61. The molecule has 0 aromatic carbocycles. The summed E-state index contributed by atoms with van der Waals surface area (Å²) in [6.45, 7) is 0. The molecule has 0 amide bonds. The van der Waals surface area contributed by atoms with Gasteiger partial charge in [-0.2, -0.15) is 0 Å². The van der Waals surface area contributed by atoms with Gasteiger partial charge in [0, 0.05) is 0 Å². The van der Waals surface area contributed by atoms with Gasteiger partial charge in [0.1, 0.15) is 0 Å². The van der Waals surface area contributed by atoms with E-state index in [4.69, 9.17) is 9.24 Å². The van der Waals surface area contributed by atoms with E-state index in [1.807, 2.05) is 0 Å². The van der Waals surface area contributed by atoms with Gasteiger partial charge in [0.05, 0.1) is 0 Å². The van der Waals surface area contributed by atoms with E-state index < -0.39 is 20.6 Å². The van der Waals surface area contributed by atoms with Gasteiger partial charge in [-0.15, -0.1) is 0 Å². The molecule has 0 aliphatic heterocycles. The average Bonchev–Trinajstić information content (AvgIpc) is 1.61. The van der Waals surface area contributed by atoms with Crippen LogP contribution in [0.3, 0.4) is 0 Å². The standard InChI is InChI=1S/C3H6GeO4/c5-3(6)1-2-4(7)8/h7H,1-2H2,(H,5,6). The van der Waals surface area contributed by atoms with Crippen LogP contribution in [0.4, 0.5) is 0 Å². The number of hydrogen-bond donors (Lipinski definition) is 2. The van der Waals surface area contributed by atoms with E-state index in [0.717, 1.165) is 0 Å². The van der Waals surface area contributed by atoms with Crippen LogP contribution in [-0.2, 0) is 8.57 Å². The summed E-state index contributed by atoms with van der Waals surface area (Å²) in [6, 6.07) is 0. The van der Waals surface area contributed by atoms with Crippen molar-refractivity contribution in [3.05, 3.63) is 0 Å². The fourth-order valence-electron chi connectivity index (χ4n) is 0.214. The summed E-state index contributed by atoms with van der Waals surface area (Å²) in [6.07, 6.45) is -0.185. The molecule has 0 aromatic rings. The molecule has 0 heterocycles. The molecule has 0 bridgehead atoms. The van der Waals surface area contributed by atoms with Gasteiger partial charge in [-0.1, -0.05) is 0 Å². The number of rotatable bonds is 3. The van der Waals surface area contributed by atoms with Crippen molar-refractivity contribution >= 4 is 20.6 Å². The SMILES string of the molecule is O=C(O)C[CH2][Ge](=[O])[OH]. The Bertz CT molecular complexity index is 95.9. The molecule has 0 aromatic heterocycles. The molecule has 0 fully saturated rings. The molecular weight excluding hydrogens is 173 g/mol. The second-order valence-corrected chi connectivity index (χ2v) is 3.99. The summed E-state index contributed by atoms with van der Waals surface area (Å²) >= 11 is -3.08. The molecule has 46 valence electrons. The van der Waals surface area contributed by atoms with Crippen molar-refractivity contribution in [1.82, 2.24) is 0 Å². The third kappa shape index (κ3) is 5.61. The maximum atomic E-state index is 9.89. The first-order valence-electron chi connectivity index (χ1n) is 2.06. The summed E-state index contributed by atoms with van der Waals surface area (Å²) in [4.78, 5) is 9.68. The predicted octanol–water partition coefficient (Wildman–Crippen LogP) is -0.628. The van der Waals surface area contributed by atoms with Gasteiger partial charge >= 0.3 is 50.1 Å². The van der Waals surface area contributed by atoms with Gasteiger partial charge < -0.3 is 0 Å². The van der Waals surface area contributed by atoms with Crippen LogP contribution in [-0.4, -0.2) is 29.8 Å². The fraction of sp³-hybridized carbons (Fsp3) is 0.667. The van der Waals surface area contributed by atoms with Crippen LogP contribution in [0.5, 0.6) is 0 Å². The second-order valence-electron chi connectivity index (χ2n) is 1.29. The normalized spacial score (nSPS) is 8.50. The Labute approximate surface area is 50.8 Å². The van der Waals surface area contributed by atoms with Crippen LogP contribution >= 0.6 is 0 Å². The number of carboxylic acid groups (broad SMARTS) is 1. The molecule has 0 aliphatic rings. The molecular formula is C3H6GeO4. The summed E-state index contributed by atoms with van der Waals surface area (Å²) in [7, 11) is 0. The van der Waals surface area contributed by atoms with Crippen molar-refractivity contribution in [3.63, 3.8) is 0 Å². The Morgan fingerprint density at radius 1 is 1.62 bits per heavy atom. The molecule has 5 heteroatoms. The van der Waals surface area contributed by atoms with Crippen LogP contribution in [0.1, 0.15) is 6.42 Å². The van der Waals surface area contributed by atoms with Crippen molar-refractivity contribution < 1.29 is 17.8 Å². The Morgan fingerprint density at radius 3 is 2.25 bits per heavy atom. The molecule has 0 saturated heterocycles. The molecule has 0 atom stereocenters. The molecule has 0 rings (SSSR count). The van der Waals surface area contributed by atoms with Gasteiger partial charge in [-0.05, 0) is 0 Å². The maximum absolute atomic E-state index is 9.89. The third-order valence-corrected chi connectivity index (χ3v) is 1.97. The molecule has 4 nitrogen and oxygen atoms in total. The van der Waals surface area contributed by atoms with Crippen molar-refractivity contribution in [3.8, 4) is 0 Å². The first-order chi connectivity index (χ1) is 3.63. The number of hydrogen-bond acceptors (Lipinski definition) is 2. The predicted molar refractivity (Wildman–Crippen MR) is 25.7 cm³/mol. The fourth-order valence-corrected chi connectivity index (χ4v) is 1.11. The Morgan fingerprint density at radius 2 is 2.12 bits per heavy atom. The molecule has 2 N–H and O–H groups in total. The van der Waals surface area contributed by atoms with Crippen molar-refractivity contribution in [2.45, 2.75) is 11.7 Å². The van der Waals surface area contributed by atoms with E-state index in [1.165, 1.54) is 0 Å². The summed E-state index contributed by atoms with van der Waals surface area (Å²) in [5.74, 6) is -1.01. The van der Waals surface area contributed by atoms with Crippen LogP contribution in [0.2, 0.25) is 5.25 Å². The van der Waals surface area contributed by atoms with E-state index >= 15 is 0 Å². The zero-order chi connectivity index (χ0) is 6.57. The minimum atomic E-state index is -3.08. The first-order valence-corrected chi connectivity index (χ1v) is 5.34. The van der Waals surface area contributed by atoms with Crippen molar-refractivity contribution in [1.29, 1.82) is 0 Å². The number of aliphatic carboxylic acids is 1. The molecule has 8 heavy (non-hydrogen) atoms. The molecule has 0 saturated carbocycles. The summed E-state index contributed by atoms with van der Waals surface area (Å²) in [5, 5.41) is 7.89. The summed E-state index contributed by atoms with van der Waals surface area (Å²) < 4.78 is 18.0.